The highest BCUT2D eigenvalue weighted by Gasteiger charge is 2.29. The minimum atomic E-state index is -0.207. The van der Waals surface area contributed by atoms with E-state index in [9.17, 15) is 9.59 Å². The van der Waals surface area contributed by atoms with Gasteiger partial charge in [-0.2, -0.15) is 5.10 Å². The second kappa shape index (κ2) is 6.76. The Balaban J connectivity index is 1.53. The van der Waals surface area contributed by atoms with Crippen LogP contribution in [0.4, 0.5) is 0 Å². The number of hydrogen-bond acceptors (Lipinski definition) is 5. The molecule has 1 N–H and O–H groups in total. The molecule has 0 radical (unpaired) electrons. The van der Waals surface area contributed by atoms with Crippen LogP contribution < -0.4 is 5.56 Å². The average molecular weight is 402 g/mol. The molecule has 0 unspecified atom stereocenters. The number of H-pyrrole nitrogens is 1. The molecule has 0 bridgehead atoms. The summed E-state index contributed by atoms with van der Waals surface area (Å²) in [6, 6.07) is 9.08. The van der Waals surface area contributed by atoms with Crippen LogP contribution in [0.5, 0.6) is 0 Å². The fourth-order valence-corrected chi connectivity index (χ4v) is 3.93. The van der Waals surface area contributed by atoms with E-state index in [2.05, 4.69) is 15.1 Å². The maximum Gasteiger partial charge on any atom is 0.258 e. The number of aromatic amines is 1. The number of fused-ring (bicyclic) bond motifs is 2. The first kappa shape index (κ1) is 18.5. The van der Waals surface area contributed by atoms with Crippen LogP contribution in [0.25, 0.3) is 21.9 Å². The lowest BCUT2D eigenvalue weighted by atomic mass is 10.1. The molecule has 3 heterocycles. The fraction of sp³-hybridized carbons (Fsp3) is 0.318. The third-order valence-corrected chi connectivity index (χ3v) is 5.61. The number of aryl methyl sites for hydroxylation is 2. The van der Waals surface area contributed by atoms with E-state index in [1.165, 1.54) is 0 Å². The van der Waals surface area contributed by atoms with Crippen LogP contribution in [0, 0.1) is 6.92 Å². The molecule has 8 nitrogen and oxygen atoms in total. The molecule has 1 aliphatic rings. The zero-order valence-electron chi connectivity index (χ0n) is 17.1. The van der Waals surface area contributed by atoms with E-state index in [4.69, 9.17) is 4.98 Å². The fourth-order valence-electron chi connectivity index (χ4n) is 3.93. The number of nitrogens with one attached hydrogen (secondary N) is 1. The number of benzene rings is 1. The third kappa shape index (κ3) is 3.04. The Hall–Kier alpha value is -3.55. The van der Waals surface area contributed by atoms with E-state index in [0.717, 1.165) is 35.3 Å². The first-order chi connectivity index (χ1) is 14.4. The van der Waals surface area contributed by atoms with Gasteiger partial charge in [0.05, 0.1) is 34.1 Å². The molecule has 30 heavy (non-hydrogen) atoms. The molecular weight excluding hydrogens is 380 g/mol. The molecule has 1 aromatic carbocycles. The number of amides is 1. The molecule has 8 heteroatoms. The predicted octanol–water partition coefficient (Wildman–Crippen LogP) is 2.66. The van der Waals surface area contributed by atoms with Crippen LogP contribution in [0.3, 0.4) is 0 Å². The van der Waals surface area contributed by atoms with Crippen LogP contribution in [-0.4, -0.2) is 42.6 Å². The summed E-state index contributed by atoms with van der Waals surface area (Å²) in [5.41, 5.74) is 3.45. The van der Waals surface area contributed by atoms with Gasteiger partial charge in [-0.25, -0.2) is 9.97 Å². The molecule has 3 aromatic heterocycles. The number of carbonyl (C=O) groups is 1. The Labute approximate surface area is 172 Å². The summed E-state index contributed by atoms with van der Waals surface area (Å²) >= 11 is 0. The second-order valence-corrected chi connectivity index (χ2v) is 7.97. The largest absolute Gasteiger partial charge is 0.334 e. The Morgan fingerprint density at radius 3 is 2.80 bits per heavy atom. The van der Waals surface area contributed by atoms with Gasteiger partial charge in [-0.15, -0.1) is 0 Å². The topological polar surface area (TPSA) is 96.8 Å². The number of aromatic nitrogens is 5. The Kier molecular flexibility index (Phi) is 4.16. The van der Waals surface area contributed by atoms with Gasteiger partial charge in [-0.05, 0) is 38.0 Å². The molecule has 5 rings (SSSR count). The van der Waals surface area contributed by atoms with Gasteiger partial charge in [0, 0.05) is 25.7 Å². The van der Waals surface area contributed by atoms with Crippen LogP contribution in [0.2, 0.25) is 0 Å². The van der Waals surface area contributed by atoms with Gasteiger partial charge in [-0.3, -0.25) is 14.3 Å². The third-order valence-electron chi connectivity index (χ3n) is 5.61. The molecule has 0 aliphatic heterocycles. The van der Waals surface area contributed by atoms with Crippen molar-refractivity contribution in [3.05, 3.63) is 63.5 Å². The van der Waals surface area contributed by atoms with Crippen molar-refractivity contribution >= 4 is 27.8 Å². The lowest BCUT2D eigenvalue weighted by Crippen LogP contribution is -2.28. The van der Waals surface area contributed by atoms with Crippen LogP contribution in [-0.2, 0) is 13.6 Å². The molecule has 1 fully saturated rings. The van der Waals surface area contributed by atoms with Crippen molar-refractivity contribution in [1.82, 2.24) is 29.6 Å². The summed E-state index contributed by atoms with van der Waals surface area (Å²) < 4.78 is 1.73. The molecule has 0 atom stereocenters. The maximum atomic E-state index is 13.4. The summed E-state index contributed by atoms with van der Waals surface area (Å²) in [7, 11) is 3.56. The number of rotatable bonds is 4. The van der Waals surface area contributed by atoms with E-state index in [1.54, 1.807) is 34.8 Å². The molecule has 0 spiro atoms. The van der Waals surface area contributed by atoms with Gasteiger partial charge in [0.2, 0.25) is 0 Å². The van der Waals surface area contributed by atoms with Crippen LogP contribution in [0.15, 0.2) is 35.1 Å². The summed E-state index contributed by atoms with van der Waals surface area (Å²) in [5.74, 6) is 0.723. The average Bonchev–Trinajstić information content (AvgIpc) is 3.53. The lowest BCUT2D eigenvalue weighted by Gasteiger charge is -2.18. The smallest absolute Gasteiger partial charge is 0.258 e. The van der Waals surface area contributed by atoms with Gasteiger partial charge >= 0.3 is 0 Å². The molecule has 1 amide bonds. The van der Waals surface area contributed by atoms with Crippen molar-refractivity contribution in [2.24, 2.45) is 7.05 Å². The SMILES string of the molecule is Cc1nn(C)c2nc(C3CC3)cc(C(=O)N(C)Cc3nc4ccccc4c(=O)[nH]3)c12. The van der Waals surface area contributed by atoms with E-state index >= 15 is 0 Å². The van der Waals surface area contributed by atoms with E-state index < -0.39 is 0 Å². The zero-order chi connectivity index (χ0) is 21.0. The number of carbonyl (C=O) groups excluding carboxylic acids is 1. The van der Waals surface area contributed by atoms with Crippen molar-refractivity contribution in [3.63, 3.8) is 0 Å². The van der Waals surface area contributed by atoms with Gasteiger partial charge < -0.3 is 9.88 Å². The monoisotopic (exact) mass is 402 g/mol. The summed E-state index contributed by atoms with van der Waals surface area (Å²) in [5, 5.41) is 5.78. The second-order valence-electron chi connectivity index (χ2n) is 7.97. The minimum absolute atomic E-state index is 0.142. The molecule has 1 saturated carbocycles. The first-order valence-electron chi connectivity index (χ1n) is 10.00. The van der Waals surface area contributed by atoms with Crippen LogP contribution in [0.1, 0.15) is 46.3 Å². The molecule has 4 aromatic rings. The normalized spacial score (nSPS) is 13.8. The molecule has 1 aliphatic carbocycles. The van der Waals surface area contributed by atoms with Crippen molar-refractivity contribution in [2.75, 3.05) is 7.05 Å². The predicted molar refractivity (Wildman–Crippen MR) is 113 cm³/mol. The van der Waals surface area contributed by atoms with Crippen molar-refractivity contribution in [3.8, 4) is 0 Å². The number of pyridine rings is 1. The Bertz CT molecular complexity index is 1370. The van der Waals surface area contributed by atoms with Gasteiger partial charge in [0.1, 0.15) is 5.82 Å². The highest BCUT2D eigenvalue weighted by atomic mass is 16.2. The number of hydrogen-bond donors (Lipinski definition) is 1. The van der Waals surface area contributed by atoms with Crippen molar-refractivity contribution < 1.29 is 4.79 Å². The Morgan fingerprint density at radius 2 is 2.03 bits per heavy atom. The van der Waals surface area contributed by atoms with Gasteiger partial charge in [0.25, 0.3) is 11.5 Å². The summed E-state index contributed by atoms with van der Waals surface area (Å²) in [6.45, 7) is 2.08. The number of nitrogens with zero attached hydrogens (tertiary/aromatic N) is 5. The summed E-state index contributed by atoms with van der Waals surface area (Å²) in [4.78, 5) is 39.4. The summed E-state index contributed by atoms with van der Waals surface area (Å²) in [6.07, 6.45) is 2.20. The van der Waals surface area contributed by atoms with Gasteiger partial charge in [0.15, 0.2) is 5.65 Å². The minimum Gasteiger partial charge on any atom is -0.334 e. The Morgan fingerprint density at radius 1 is 1.27 bits per heavy atom. The quantitative estimate of drug-likeness (QED) is 0.566. The number of para-hydroxylation sites is 1. The molecule has 0 saturated heterocycles. The standard InChI is InChI=1S/C22H22N6O2/c1-12-19-15(10-17(13-8-9-13)24-20(19)28(3)26-12)22(30)27(2)11-18-23-16-7-5-4-6-14(16)21(29)25-18/h4-7,10,13H,8-9,11H2,1-3H3,(H,23,25,29). The highest BCUT2D eigenvalue weighted by Crippen LogP contribution is 2.40. The molecule has 152 valence electrons. The van der Waals surface area contributed by atoms with Crippen molar-refractivity contribution in [2.45, 2.75) is 32.2 Å². The van der Waals surface area contributed by atoms with Crippen molar-refractivity contribution in [1.29, 1.82) is 0 Å². The van der Waals surface area contributed by atoms with E-state index in [1.807, 2.05) is 26.1 Å². The van der Waals surface area contributed by atoms with Gasteiger partial charge in [-0.1, -0.05) is 12.1 Å². The molecular formula is C22H22N6O2. The van der Waals surface area contributed by atoms with E-state index in [-0.39, 0.29) is 18.0 Å². The lowest BCUT2D eigenvalue weighted by molar-refractivity contribution is 0.0783. The zero-order valence-corrected chi connectivity index (χ0v) is 17.1. The maximum absolute atomic E-state index is 13.4. The van der Waals surface area contributed by atoms with E-state index in [0.29, 0.717) is 28.2 Å². The highest BCUT2D eigenvalue weighted by molar-refractivity contribution is 6.06. The van der Waals surface area contributed by atoms with Crippen LogP contribution >= 0.6 is 0 Å². The first-order valence-corrected chi connectivity index (χ1v) is 10.00.